The van der Waals surface area contributed by atoms with E-state index in [1.165, 1.54) is 6.92 Å². The van der Waals surface area contributed by atoms with Gasteiger partial charge in [-0.1, -0.05) is 0 Å². The molecule has 0 bridgehead atoms. The van der Waals surface area contributed by atoms with Gasteiger partial charge in [-0.3, -0.25) is 0 Å². The molecule has 3 rings (SSSR count). The summed E-state index contributed by atoms with van der Waals surface area (Å²) in [5, 5.41) is 0. The Bertz CT molecular complexity index is 729. The second-order valence-electron chi connectivity index (χ2n) is 4.96. The SMILES string of the molecule is Cc1nc(C(F)(F)F)nc(-c2ccc3c(c2)OCCO3)c1C. The predicted octanol–water partition coefficient (Wildman–Crippen LogP) is 3.55. The third-order valence-electron chi connectivity index (χ3n) is 3.46. The first kappa shape index (κ1) is 14.6. The number of aromatic nitrogens is 2. The van der Waals surface area contributed by atoms with E-state index in [2.05, 4.69) is 9.97 Å². The zero-order chi connectivity index (χ0) is 15.9. The van der Waals surface area contributed by atoms with Gasteiger partial charge in [-0.2, -0.15) is 13.2 Å². The molecule has 2 heterocycles. The molecule has 22 heavy (non-hydrogen) atoms. The zero-order valence-electron chi connectivity index (χ0n) is 12.0. The minimum absolute atomic E-state index is 0.247. The minimum atomic E-state index is -4.58. The Labute approximate surface area is 124 Å². The molecule has 0 N–H and O–H groups in total. The molecule has 0 unspecified atom stereocenters. The molecule has 7 heteroatoms. The van der Waals surface area contributed by atoms with E-state index < -0.39 is 12.0 Å². The van der Waals surface area contributed by atoms with E-state index in [0.717, 1.165) is 0 Å². The van der Waals surface area contributed by atoms with Crippen molar-refractivity contribution in [3.05, 3.63) is 35.3 Å². The van der Waals surface area contributed by atoms with Crippen molar-refractivity contribution < 1.29 is 22.6 Å². The van der Waals surface area contributed by atoms with Crippen LogP contribution in [0.5, 0.6) is 11.5 Å². The molecule has 0 saturated carbocycles. The Morgan fingerprint density at radius 3 is 2.36 bits per heavy atom. The van der Waals surface area contributed by atoms with Crippen molar-refractivity contribution in [2.45, 2.75) is 20.0 Å². The summed E-state index contributed by atoms with van der Waals surface area (Å²) < 4.78 is 49.6. The number of alkyl halides is 3. The molecule has 0 saturated heterocycles. The van der Waals surface area contributed by atoms with Crippen molar-refractivity contribution in [2.75, 3.05) is 13.2 Å². The maximum absolute atomic E-state index is 12.9. The largest absolute Gasteiger partial charge is 0.486 e. The summed E-state index contributed by atoms with van der Waals surface area (Å²) in [6, 6.07) is 4.99. The minimum Gasteiger partial charge on any atom is -0.486 e. The molecule has 2 aromatic rings. The number of rotatable bonds is 1. The van der Waals surface area contributed by atoms with Gasteiger partial charge in [0.05, 0.1) is 5.69 Å². The Balaban J connectivity index is 2.13. The first-order valence-electron chi connectivity index (χ1n) is 6.69. The number of hydrogen-bond acceptors (Lipinski definition) is 4. The summed E-state index contributed by atoms with van der Waals surface area (Å²) in [5.74, 6) is -0.0528. The van der Waals surface area contributed by atoms with Gasteiger partial charge in [-0.05, 0) is 37.6 Å². The summed E-state index contributed by atoms with van der Waals surface area (Å²) in [6.45, 7) is 4.09. The van der Waals surface area contributed by atoms with Gasteiger partial charge in [0.25, 0.3) is 0 Å². The van der Waals surface area contributed by atoms with Crippen molar-refractivity contribution in [1.29, 1.82) is 0 Å². The van der Waals surface area contributed by atoms with Crippen LogP contribution in [-0.4, -0.2) is 23.2 Å². The first-order chi connectivity index (χ1) is 10.4. The number of aryl methyl sites for hydroxylation is 1. The van der Waals surface area contributed by atoms with Crippen LogP contribution in [0.1, 0.15) is 17.1 Å². The predicted molar refractivity (Wildman–Crippen MR) is 72.9 cm³/mol. The van der Waals surface area contributed by atoms with Gasteiger partial charge < -0.3 is 9.47 Å². The summed E-state index contributed by atoms with van der Waals surface area (Å²) >= 11 is 0. The normalized spacial score (nSPS) is 14.0. The molecule has 0 aliphatic carbocycles. The van der Waals surface area contributed by atoms with Gasteiger partial charge in [0, 0.05) is 11.3 Å². The monoisotopic (exact) mass is 310 g/mol. The molecule has 116 valence electrons. The van der Waals surface area contributed by atoms with E-state index in [0.29, 0.717) is 41.5 Å². The van der Waals surface area contributed by atoms with Gasteiger partial charge in [0.2, 0.25) is 5.82 Å². The molecular weight excluding hydrogens is 297 g/mol. The molecule has 4 nitrogen and oxygen atoms in total. The van der Waals surface area contributed by atoms with Crippen LogP contribution in [0.15, 0.2) is 18.2 Å². The molecule has 1 aliphatic heterocycles. The fourth-order valence-corrected chi connectivity index (χ4v) is 2.23. The van der Waals surface area contributed by atoms with Gasteiger partial charge in [-0.25, -0.2) is 9.97 Å². The summed E-state index contributed by atoms with van der Waals surface area (Å²) in [7, 11) is 0. The fraction of sp³-hybridized carbons (Fsp3) is 0.333. The average Bonchev–Trinajstić information content (AvgIpc) is 2.48. The van der Waals surface area contributed by atoms with E-state index in [1.54, 1.807) is 25.1 Å². The number of benzene rings is 1. The van der Waals surface area contributed by atoms with E-state index in [9.17, 15) is 13.2 Å². The van der Waals surface area contributed by atoms with Gasteiger partial charge in [0.1, 0.15) is 13.2 Å². The second-order valence-corrected chi connectivity index (χ2v) is 4.96. The average molecular weight is 310 g/mol. The highest BCUT2D eigenvalue weighted by Gasteiger charge is 2.35. The Morgan fingerprint density at radius 1 is 1.00 bits per heavy atom. The highest BCUT2D eigenvalue weighted by atomic mass is 19.4. The number of fused-ring (bicyclic) bond motifs is 1. The first-order valence-corrected chi connectivity index (χ1v) is 6.69. The Morgan fingerprint density at radius 2 is 1.68 bits per heavy atom. The van der Waals surface area contributed by atoms with E-state index in [4.69, 9.17) is 9.47 Å². The third kappa shape index (κ3) is 2.58. The summed E-state index contributed by atoms with van der Waals surface area (Å²) in [5.41, 5.74) is 1.69. The van der Waals surface area contributed by atoms with Crippen LogP contribution in [0.4, 0.5) is 13.2 Å². The van der Waals surface area contributed by atoms with Crippen molar-refractivity contribution in [3.8, 4) is 22.8 Å². The van der Waals surface area contributed by atoms with Crippen molar-refractivity contribution in [3.63, 3.8) is 0 Å². The van der Waals surface area contributed by atoms with E-state index in [-0.39, 0.29) is 5.69 Å². The molecule has 1 aromatic heterocycles. The van der Waals surface area contributed by atoms with Crippen LogP contribution in [0, 0.1) is 13.8 Å². The van der Waals surface area contributed by atoms with E-state index >= 15 is 0 Å². The number of nitrogens with zero attached hydrogens (tertiary/aromatic N) is 2. The molecule has 0 fully saturated rings. The maximum Gasteiger partial charge on any atom is 0.451 e. The van der Waals surface area contributed by atoms with Crippen LogP contribution < -0.4 is 9.47 Å². The maximum atomic E-state index is 12.9. The highest BCUT2D eigenvalue weighted by molar-refractivity contribution is 5.67. The van der Waals surface area contributed by atoms with Crippen LogP contribution in [0.25, 0.3) is 11.3 Å². The quantitative estimate of drug-likeness (QED) is 0.808. The molecule has 0 radical (unpaired) electrons. The van der Waals surface area contributed by atoms with Crippen molar-refractivity contribution in [1.82, 2.24) is 9.97 Å². The molecule has 0 spiro atoms. The molecule has 0 amide bonds. The number of hydrogen-bond donors (Lipinski definition) is 0. The van der Waals surface area contributed by atoms with Crippen LogP contribution in [-0.2, 0) is 6.18 Å². The topological polar surface area (TPSA) is 44.2 Å². The molecule has 1 aliphatic rings. The third-order valence-corrected chi connectivity index (χ3v) is 3.46. The van der Waals surface area contributed by atoms with Crippen molar-refractivity contribution >= 4 is 0 Å². The zero-order valence-corrected chi connectivity index (χ0v) is 12.0. The standard InChI is InChI=1S/C15H13F3N2O2/c1-8-9(2)19-14(15(16,17)18)20-13(8)10-3-4-11-12(7-10)22-6-5-21-11/h3-4,7H,5-6H2,1-2H3. The molecule has 1 aromatic carbocycles. The van der Waals surface area contributed by atoms with Gasteiger partial charge in [0.15, 0.2) is 11.5 Å². The van der Waals surface area contributed by atoms with Gasteiger partial charge in [-0.15, -0.1) is 0 Å². The van der Waals surface area contributed by atoms with Crippen LogP contribution in [0.3, 0.4) is 0 Å². The van der Waals surface area contributed by atoms with Crippen LogP contribution >= 0.6 is 0 Å². The Kier molecular flexibility index (Phi) is 3.42. The lowest BCUT2D eigenvalue weighted by atomic mass is 10.0. The highest BCUT2D eigenvalue weighted by Crippen LogP contribution is 2.36. The summed E-state index contributed by atoms with van der Waals surface area (Å²) in [6.07, 6.45) is -4.58. The lowest BCUT2D eigenvalue weighted by molar-refractivity contribution is -0.145. The Hall–Kier alpha value is -2.31. The van der Waals surface area contributed by atoms with Crippen LogP contribution in [0.2, 0.25) is 0 Å². The lowest BCUT2D eigenvalue weighted by Crippen LogP contribution is -2.16. The number of halogens is 3. The molecular formula is C15H13F3N2O2. The fourth-order valence-electron chi connectivity index (χ4n) is 2.23. The smallest absolute Gasteiger partial charge is 0.451 e. The second kappa shape index (κ2) is 5.15. The number of ether oxygens (including phenoxy) is 2. The molecule has 0 atom stereocenters. The summed E-state index contributed by atoms with van der Waals surface area (Å²) in [4.78, 5) is 7.22. The van der Waals surface area contributed by atoms with Gasteiger partial charge >= 0.3 is 6.18 Å². The lowest BCUT2D eigenvalue weighted by Gasteiger charge is -2.19. The van der Waals surface area contributed by atoms with E-state index in [1.807, 2.05) is 0 Å². The van der Waals surface area contributed by atoms with Crippen molar-refractivity contribution in [2.24, 2.45) is 0 Å².